The van der Waals surface area contributed by atoms with Gasteiger partial charge in [-0.1, -0.05) is 0 Å². The molecule has 0 aromatic carbocycles. The number of carbonyl (C=O) groups is 1. The fraction of sp³-hybridized carbons (Fsp3) is 0.200. The van der Waals surface area contributed by atoms with E-state index in [1.807, 2.05) is 12.3 Å². The van der Waals surface area contributed by atoms with Gasteiger partial charge in [0.05, 0.1) is 11.1 Å². The maximum absolute atomic E-state index is 11.5. The van der Waals surface area contributed by atoms with Crippen LogP contribution in [0.4, 0.5) is 0 Å². The van der Waals surface area contributed by atoms with E-state index in [1.165, 1.54) is 0 Å². The van der Waals surface area contributed by atoms with Gasteiger partial charge in [0, 0.05) is 16.9 Å². The van der Waals surface area contributed by atoms with Crippen LogP contribution >= 0.6 is 48.8 Å². The molecule has 4 nitrogen and oxygen atoms in total. The van der Waals surface area contributed by atoms with Crippen molar-refractivity contribution in [2.24, 2.45) is 0 Å². The van der Waals surface area contributed by atoms with Crippen molar-refractivity contribution in [2.45, 2.75) is 6.92 Å². The van der Waals surface area contributed by atoms with E-state index in [2.05, 4.69) is 36.8 Å². The molecule has 0 bridgehead atoms. The average Bonchev–Trinajstić information content (AvgIpc) is 2.62. The van der Waals surface area contributed by atoms with Gasteiger partial charge in [-0.15, -0.1) is 17.0 Å². The molecule has 7 heteroatoms. The average molecular weight is 429 g/mol. The molecule has 0 spiro atoms. The van der Waals surface area contributed by atoms with Gasteiger partial charge >= 0.3 is 5.97 Å². The molecule has 0 radical (unpaired) electrons. The molecular weight excluding hydrogens is 420 g/mol. The van der Waals surface area contributed by atoms with Crippen molar-refractivity contribution < 1.29 is 9.53 Å². The maximum atomic E-state index is 11.5. The fourth-order valence-corrected chi connectivity index (χ4v) is 2.62. The van der Waals surface area contributed by atoms with Crippen molar-refractivity contribution in [3.8, 4) is 0 Å². The van der Waals surface area contributed by atoms with Crippen molar-refractivity contribution in [1.29, 1.82) is 0 Å². The second kappa shape index (κ2) is 5.97. The highest BCUT2D eigenvalue weighted by atomic mass is 79.9. The lowest BCUT2D eigenvalue weighted by Crippen LogP contribution is -2.04. The summed E-state index contributed by atoms with van der Waals surface area (Å²) in [6, 6.07) is 1.87. The third-order valence-corrected chi connectivity index (χ3v) is 2.97. The van der Waals surface area contributed by atoms with Crippen molar-refractivity contribution in [3.05, 3.63) is 33.1 Å². The molecule has 0 saturated carbocycles. The third-order valence-electron chi connectivity index (χ3n) is 1.96. The molecule has 2 rings (SSSR count). The van der Waals surface area contributed by atoms with E-state index >= 15 is 0 Å². The minimum absolute atomic E-state index is 0. The smallest absolute Gasteiger partial charge is 0.358 e. The number of hydrogen-bond acceptors (Lipinski definition) is 3. The van der Waals surface area contributed by atoms with Crippen molar-refractivity contribution in [2.75, 3.05) is 6.61 Å². The largest absolute Gasteiger partial charge is 0.461 e. The summed E-state index contributed by atoms with van der Waals surface area (Å²) in [7, 11) is 0. The number of nitrogens with zero attached hydrogens (tertiary/aromatic N) is 2. The Labute approximate surface area is 125 Å². The first-order chi connectivity index (χ1) is 7.61. The van der Waals surface area contributed by atoms with Gasteiger partial charge in [-0.3, -0.25) is 0 Å². The van der Waals surface area contributed by atoms with Gasteiger partial charge in [0.2, 0.25) is 0 Å². The van der Waals surface area contributed by atoms with Crippen LogP contribution in [0.2, 0.25) is 0 Å². The summed E-state index contributed by atoms with van der Waals surface area (Å²) in [5, 5.41) is 0. The first kappa shape index (κ1) is 14.7. The van der Waals surface area contributed by atoms with E-state index in [-0.39, 0.29) is 17.0 Å². The Kier molecular flexibility index (Phi) is 5.15. The summed E-state index contributed by atoms with van der Waals surface area (Å²) >= 11 is 6.75. The SMILES string of the molecule is Br.CCOC(=O)c1cn2cc(Br)cc(Br)c2n1. The highest BCUT2D eigenvalue weighted by molar-refractivity contribution is 9.11. The van der Waals surface area contributed by atoms with Gasteiger partial charge in [0.25, 0.3) is 0 Å². The lowest BCUT2D eigenvalue weighted by molar-refractivity contribution is 0.0520. The van der Waals surface area contributed by atoms with E-state index in [0.29, 0.717) is 17.9 Å². The summed E-state index contributed by atoms with van der Waals surface area (Å²) < 4.78 is 8.37. The molecule has 17 heavy (non-hydrogen) atoms. The number of hydrogen-bond donors (Lipinski definition) is 0. The molecule has 0 N–H and O–H groups in total. The Hall–Kier alpha value is -0.400. The first-order valence-corrected chi connectivity index (χ1v) is 6.21. The van der Waals surface area contributed by atoms with Crippen LogP contribution in [0.1, 0.15) is 17.4 Å². The summed E-state index contributed by atoms with van der Waals surface area (Å²) in [4.78, 5) is 15.7. The molecule has 0 aliphatic carbocycles. The van der Waals surface area contributed by atoms with Crippen LogP contribution in [0.25, 0.3) is 5.65 Å². The van der Waals surface area contributed by atoms with Crippen LogP contribution < -0.4 is 0 Å². The van der Waals surface area contributed by atoms with Gasteiger partial charge in [-0.25, -0.2) is 9.78 Å². The number of fused-ring (bicyclic) bond motifs is 1. The van der Waals surface area contributed by atoms with E-state index < -0.39 is 5.97 Å². The molecule has 92 valence electrons. The van der Waals surface area contributed by atoms with E-state index in [0.717, 1.165) is 8.95 Å². The highest BCUT2D eigenvalue weighted by Crippen LogP contribution is 2.22. The normalized spacial score (nSPS) is 10.1. The van der Waals surface area contributed by atoms with Gasteiger partial charge < -0.3 is 9.14 Å². The van der Waals surface area contributed by atoms with E-state index in [4.69, 9.17) is 4.74 Å². The zero-order chi connectivity index (χ0) is 11.7. The van der Waals surface area contributed by atoms with E-state index in [9.17, 15) is 4.79 Å². The molecule has 0 unspecified atom stereocenters. The minimum Gasteiger partial charge on any atom is -0.461 e. The van der Waals surface area contributed by atoms with Crippen LogP contribution in [0.3, 0.4) is 0 Å². The molecule has 0 saturated heterocycles. The molecular formula is C10H9Br3N2O2. The first-order valence-electron chi connectivity index (χ1n) is 4.62. The van der Waals surface area contributed by atoms with Crippen LogP contribution in [-0.4, -0.2) is 22.0 Å². The van der Waals surface area contributed by atoms with Crippen LogP contribution in [-0.2, 0) is 4.74 Å². The van der Waals surface area contributed by atoms with Crippen LogP contribution in [0.5, 0.6) is 0 Å². The molecule has 0 aliphatic heterocycles. The second-order valence-corrected chi connectivity index (χ2v) is 4.85. The predicted octanol–water partition coefficient (Wildman–Crippen LogP) is 3.61. The Morgan fingerprint density at radius 2 is 2.18 bits per heavy atom. The summed E-state index contributed by atoms with van der Waals surface area (Å²) in [6.07, 6.45) is 3.47. The number of imidazole rings is 1. The third kappa shape index (κ3) is 3.08. The van der Waals surface area contributed by atoms with Crippen molar-refractivity contribution in [1.82, 2.24) is 9.38 Å². The van der Waals surface area contributed by atoms with Crippen molar-refractivity contribution >= 4 is 60.5 Å². The van der Waals surface area contributed by atoms with Crippen LogP contribution in [0.15, 0.2) is 27.4 Å². The zero-order valence-corrected chi connectivity index (χ0v) is 13.7. The molecule has 2 heterocycles. The standard InChI is InChI=1S/C10H8Br2N2O2.BrH/c1-2-16-10(15)8-5-14-4-6(11)3-7(12)9(14)13-8;/h3-5H,2H2,1H3;1H. The lowest BCUT2D eigenvalue weighted by atomic mass is 10.5. The van der Waals surface area contributed by atoms with E-state index in [1.54, 1.807) is 17.5 Å². The van der Waals surface area contributed by atoms with Gasteiger partial charge in [-0.2, -0.15) is 0 Å². The van der Waals surface area contributed by atoms with Crippen LogP contribution in [0, 0.1) is 0 Å². The number of halogens is 3. The number of aromatic nitrogens is 2. The van der Waals surface area contributed by atoms with Crippen molar-refractivity contribution in [3.63, 3.8) is 0 Å². The highest BCUT2D eigenvalue weighted by Gasteiger charge is 2.13. The molecule has 2 aromatic rings. The Bertz CT molecular complexity index is 554. The minimum atomic E-state index is -0.408. The molecule has 0 atom stereocenters. The predicted molar refractivity (Wildman–Crippen MR) is 76.9 cm³/mol. The maximum Gasteiger partial charge on any atom is 0.358 e. The second-order valence-electron chi connectivity index (χ2n) is 3.08. The molecule has 0 aliphatic rings. The number of esters is 1. The zero-order valence-electron chi connectivity index (χ0n) is 8.81. The summed E-state index contributed by atoms with van der Waals surface area (Å²) in [5.41, 5.74) is 0.993. The van der Waals surface area contributed by atoms with Gasteiger partial charge in [0.1, 0.15) is 0 Å². The monoisotopic (exact) mass is 426 g/mol. The summed E-state index contributed by atoms with van der Waals surface area (Å²) in [5.74, 6) is -0.408. The topological polar surface area (TPSA) is 43.6 Å². The quantitative estimate of drug-likeness (QED) is 0.686. The fourth-order valence-electron chi connectivity index (χ4n) is 1.33. The summed E-state index contributed by atoms with van der Waals surface area (Å²) in [6.45, 7) is 2.11. The number of carbonyl (C=O) groups excluding carboxylic acids is 1. The Morgan fingerprint density at radius 1 is 1.47 bits per heavy atom. The molecule has 0 fully saturated rings. The number of pyridine rings is 1. The lowest BCUT2D eigenvalue weighted by Gasteiger charge is -1.96. The van der Waals surface area contributed by atoms with Gasteiger partial charge in [-0.05, 0) is 44.8 Å². The number of rotatable bonds is 2. The Morgan fingerprint density at radius 3 is 2.82 bits per heavy atom. The molecule has 0 amide bonds. The Balaban J connectivity index is 0.00000144. The van der Waals surface area contributed by atoms with Gasteiger partial charge in [0.15, 0.2) is 11.3 Å². The number of ether oxygens (including phenoxy) is 1. The molecule has 2 aromatic heterocycles.